The molecule has 0 heterocycles. The predicted octanol–water partition coefficient (Wildman–Crippen LogP) is 8.18. The fourth-order valence-electron chi connectivity index (χ4n) is 2.75. The molecule has 5 heteroatoms. The summed E-state index contributed by atoms with van der Waals surface area (Å²) in [7, 11) is 0. The Morgan fingerprint density at radius 1 is 0.727 bits per heavy atom. The quantitative estimate of drug-likeness (QED) is 0.141. The summed E-state index contributed by atoms with van der Waals surface area (Å²) in [5.41, 5.74) is 2.68. The Hall–Kier alpha value is -2.37. The molecule has 0 spiro atoms. The second-order valence-corrected chi connectivity index (χ2v) is 7.39. The number of hydrogen-bond acceptors (Lipinski definition) is 5. The fraction of sp³-hybridized carbons (Fsp3) is 0.536. The monoisotopic (exact) mass is 460 g/mol. The first-order valence-corrected chi connectivity index (χ1v) is 12.4. The minimum Gasteiger partial charge on any atom is -0.494 e. The third-order valence-electron chi connectivity index (χ3n) is 4.44. The van der Waals surface area contributed by atoms with E-state index < -0.39 is 0 Å². The molecule has 0 amide bonds. The van der Waals surface area contributed by atoms with Crippen molar-refractivity contribution in [2.75, 3.05) is 19.8 Å². The van der Waals surface area contributed by atoms with Gasteiger partial charge in [0.1, 0.15) is 5.75 Å². The molecule has 0 aliphatic rings. The standard InChI is InChI=1S/C23H30O5.C3H8.C2H6/c1-2-3-16-26-22-14-12-20(13-15-22)19-8-10-21(11-9-19)23(24)27-17-6-4-5-7-18-28-25;1-3-2;1-2/h8-15,25H,2-7,16-18H2,1H3;3H2,1-2H3;1-2H3. The number of carbonyl (C=O) groups excluding carboxylic acids is 1. The van der Waals surface area contributed by atoms with E-state index in [9.17, 15) is 4.79 Å². The molecule has 5 nitrogen and oxygen atoms in total. The lowest BCUT2D eigenvalue weighted by Gasteiger charge is -2.08. The molecule has 2 rings (SSSR count). The van der Waals surface area contributed by atoms with Crippen LogP contribution in [0.5, 0.6) is 5.75 Å². The molecule has 0 aromatic heterocycles. The molecule has 1 N–H and O–H groups in total. The van der Waals surface area contributed by atoms with Crippen molar-refractivity contribution in [3.63, 3.8) is 0 Å². The molecule has 0 unspecified atom stereocenters. The molecule has 0 atom stereocenters. The van der Waals surface area contributed by atoms with E-state index in [1.54, 1.807) is 12.1 Å². The molecule has 2 aromatic rings. The second kappa shape index (κ2) is 21.5. The normalized spacial score (nSPS) is 9.76. The van der Waals surface area contributed by atoms with Crippen LogP contribution in [-0.4, -0.2) is 31.0 Å². The van der Waals surface area contributed by atoms with E-state index in [0.29, 0.717) is 18.8 Å². The average molecular weight is 461 g/mol. The van der Waals surface area contributed by atoms with Gasteiger partial charge in [-0.3, -0.25) is 5.26 Å². The zero-order chi connectivity index (χ0) is 24.7. The Balaban J connectivity index is 0.00000189. The predicted molar refractivity (Wildman–Crippen MR) is 137 cm³/mol. The van der Waals surface area contributed by atoms with Crippen LogP contribution in [0.2, 0.25) is 0 Å². The van der Waals surface area contributed by atoms with E-state index in [1.165, 1.54) is 6.42 Å². The zero-order valence-electron chi connectivity index (χ0n) is 21.3. The van der Waals surface area contributed by atoms with Crippen LogP contribution in [0.1, 0.15) is 89.9 Å². The van der Waals surface area contributed by atoms with Gasteiger partial charge in [-0.1, -0.05) is 78.1 Å². The number of hydrogen-bond donors (Lipinski definition) is 1. The van der Waals surface area contributed by atoms with Crippen LogP contribution in [0.25, 0.3) is 11.1 Å². The molecule has 186 valence electrons. The van der Waals surface area contributed by atoms with Gasteiger partial charge in [-0.15, -0.1) is 0 Å². The summed E-state index contributed by atoms with van der Waals surface area (Å²) < 4.78 is 11.0. The molecule has 2 aromatic carbocycles. The minimum absolute atomic E-state index is 0.301. The Kier molecular flexibility index (Phi) is 19.9. The lowest BCUT2D eigenvalue weighted by Crippen LogP contribution is -2.06. The summed E-state index contributed by atoms with van der Waals surface area (Å²) in [6.07, 6.45) is 6.91. The third-order valence-corrected chi connectivity index (χ3v) is 4.44. The van der Waals surface area contributed by atoms with Crippen molar-refractivity contribution in [3.05, 3.63) is 54.1 Å². The number of carbonyl (C=O) groups is 1. The first kappa shape index (κ1) is 30.6. The van der Waals surface area contributed by atoms with Gasteiger partial charge in [0.05, 0.1) is 25.4 Å². The van der Waals surface area contributed by atoms with Crippen molar-refractivity contribution in [2.45, 2.75) is 79.6 Å². The summed E-state index contributed by atoms with van der Waals surface area (Å²) >= 11 is 0. The summed E-state index contributed by atoms with van der Waals surface area (Å²) in [4.78, 5) is 16.1. The zero-order valence-corrected chi connectivity index (χ0v) is 21.3. The van der Waals surface area contributed by atoms with Crippen molar-refractivity contribution in [1.29, 1.82) is 0 Å². The van der Waals surface area contributed by atoms with Gasteiger partial charge in [-0.05, 0) is 61.1 Å². The molecule has 0 bridgehead atoms. The van der Waals surface area contributed by atoms with Gasteiger partial charge >= 0.3 is 5.97 Å². The number of rotatable bonds is 13. The van der Waals surface area contributed by atoms with Gasteiger partial charge in [0, 0.05) is 0 Å². The van der Waals surface area contributed by atoms with E-state index in [2.05, 4.69) is 25.7 Å². The van der Waals surface area contributed by atoms with Gasteiger partial charge in [0.15, 0.2) is 0 Å². The lowest BCUT2D eigenvalue weighted by atomic mass is 10.0. The maximum atomic E-state index is 12.1. The largest absolute Gasteiger partial charge is 0.494 e. The molecule has 0 saturated heterocycles. The Bertz CT molecular complexity index is 695. The highest BCUT2D eigenvalue weighted by Crippen LogP contribution is 2.23. The molecule has 0 radical (unpaired) electrons. The third kappa shape index (κ3) is 14.4. The number of benzene rings is 2. The van der Waals surface area contributed by atoms with E-state index in [-0.39, 0.29) is 5.97 Å². The van der Waals surface area contributed by atoms with Crippen LogP contribution in [0.4, 0.5) is 0 Å². The fourth-order valence-corrected chi connectivity index (χ4v) is 2.75. The molecular formula is C28H44O5. The second-order valence-electron chi connectivity index (χ2n) is 7.39. The first-order chi connectivity index (χ1) is 16.2. The van der Waals surface area contributed by atoms with Crippen LogP contribution >= 0.6 is 0 Å². The van der Waals surface area contributed by atoms with Crippen molar-refractivity contribution >= 4 is 5.97 Å². The number of esters is 1. The summed E-state index contributed by atoms with van der Waals surface area (Å²) in [6.45, 7) is 11.9. The highest BCUT2D eigenvalue weighted by atomic mass is 17.1. The van der Waals surface area contributed by atoms with Gasteiger partial charge in [-0.2, -0.15) is 0 Å². The van der Waals surface area contributed by atoms with Crippen LogP contribution < -0.4 is 4.74 Å². The lowest BCUT2D eigenvalue weighted by molar-refractivity contribution is -0.242. The minimum atomic E-state index is -0.301. The van der Waals surface area contributed by atoms with E-state index in [4.69, 9.17) is 14.7 Å². The maximum Gasteiger partial charge on any atom is 0.338 e. The number of unbranched alkanes of at least 4 members (excludes halogenated alkanes) is 4. The highest BCUT2D eigenvalue weighted by Gasteiger charge is 2.07. The molecule has 0 fully saturated rings. The van der Waals surface area contributed by atoms with Crippen molar-refractivity contribution in [3.8, 4) is 16.9 Å². The Morgan fingerprint density at radius 2 is 1.24 bits per heavy atom. The van der Waals surface area contributed by atoms with E-state index in [1.807, 2.05) is 50.2 Å². The van der Waals surface area contributed by atoms with Crippen LogP contribution in [-0.2, 0) is 9.62 Å². The van der Waals surface area contributed by atoms with Crippen molar-refractivity contribution in [1.82, 2.24) is 0 Å². The van der Waals surface area contributed by atoms with Crippen LogP contribution in [0.3, 0.4) is 0 Å². The average Bonchev–Trinajstić information content (AvgIpc) is 2.86. The van der Waals surface area contributed by atoms with E-state index in [0.717, 1.165) is 62.0 Å². The highest BCUT2D eigenvalue weighted by molar-refractivity contribution is 5.90. The molecular weight excluding hydrogens is 416 g/mol. The van der Waals surface area contributed by atoms with Crippen molar-refractivity contribution < 1.29 is 24.4 Å². The molecule has 0 aliphatic heterocycles. The van der Waals surface area contributed by atoms with Gasteiger partial charge < -0.3 is 9.47 Å². The smallest absolute Gasteiger partial charge is 0.338 e. The SMILES string of the molecule is CC.CCC.CCCCOc1ccc(-c2ccc(C(=O)OCCCCCCOO)cc2)cc1. The van der Waals surface area contributed by atoms with Crippen molar-refractivity contribution in [2.24, 2.45) is 0 Å². The number of ether oxygens (including phenoxy) is 2. The molecule has 0 aliphatic carbocycles. The van der Waals surface area contributed by atoms with Gasteiger partial charge in [-0.25, -0.2) is 9.68 Å². The first-order valence-electron chi connectivity index (χ1n) is 12.4. The molecule has 0 saturated carbocycles. The summed E-state index contributed by atoms with van der Waals surface area (Å²) in [5, 5.41) is 8.24. The van der Waals surface area contributed by atoms with Crippen LogP contribution in [0.15, 0.2) is 48.5 Å². The van der Waals surface area contributed by atoms with Crippen LogP contribution in [0, 0.1) is 0 Å². The van der Waals surface area contributed by atoms with Gasteiger partial charge in [0.2, 0.25) is 0 Å². The summed E-state index contributed by atoms with van der Waals surface area (Å²) in [6, 6.07) is 15.4. The van der Waals surface area contributed by atoms with E-state index >= 15 is 0 Å². The van der Waals surface area contributed by atoms with Gasteiger partial charge in [0.25, 0.3) is 0 Å². The topological polar surface area (TPSA) is 65.0 Å². The maximum absolute atomic E-state index is 12.1. The summed E-state index contributed by atoms with van der Waals surface area (Å²) in [5.74, 6) is 0.575. The Labute approximate surface area is 201 Å². The Morgan fingerprint density at radius 3 is 1.76 bits per heavy atom. The molecule has 33 heavy (non-hydrogen) atoms.